The molecule has 0 spiro atoms. The minimum atomic E-state index is 0.305. The zero-order chi connectivity index (χ0) is 21.3. The summed E-state index contributed by atoms with van der Waals surface area (Å²) >= 11 is 0. The number of benzene rings is 1. The fourth-order valence-electron chi connectivity index (χ4n) is 3.98. The van der Waals surface area contributed by atoms with E-state index >= 15 is 0 Å². The Labute approximate surface area is 180 Å². The SMILES string of the molecule is CN=C(NCc1nccn1CC(C)C)NCC(c1ccc(OC)cc1)N1CCCC1. The largest absolute Gasteiger partial charge is 0.497 e. The van der Waals surface area contributed by atoms with Crippen LogP contribution in [0.25, 0.3) is 0 Å². The lowest BCUT2D eigenvalue weighted by atomic mass is 10.1. The Kier molecular flexibility index (Phi) is 8.13. The highest BCUT2D eigenvalue weighted by molar-refractivity contribution is 5.79. The normalized spacial score (nSPS) is 16.1. The van der Waals surface area contributed by atoms with E-state index in [1.165, 1.54) is 18.4 Å². The van der Waals surface area contributed by atoms with Crippen LogP contribution in [0.5, 0.6) is 5.75 Å². The first-order valence-corrected chi connectivity index (χ1v) is 10.9. The van der Waals surface area contributed by atoms with Gasteiger partial charge in [-0.15, -0.1) is 0 Å². The molecular weight excluding hydrogens is 376 g/mol. The van der Waals surface area contributed by atoms with Gasteiger partial charge in [0.2, 0.25) is 0 Å². The number of rotatable bonds is 9. The van der Waals surface area contributed by atoms with Crippen LogP contribution in [-0.2, 0) is 13.1 Å². The van der Waals surface area contributed by atoms with Gasteiger partial charge in [0.15, 0.2) is 5.96 Å². The summed E-state index contributed by atoms with van der Waals surface area (Å²) in [6.45, 7) is 9.12. The van der Waals surface area contributed by atoms with Crippen molar-refractivity contribution in [3.05, 3.63) is 48.0 Å². The minimum Gasteiger partial charge on any atom is -0.497 e. The van der Waals surface area contributed by atoms with Crippen molar-refractivity contribution in [3.8, 4) is 5.75 Å². The van der Waals surface area contributed by atoms with Crippen molar-refractivity contribution in [3.63, 3.8) is 0 Å². The van der Waals surface area contributed by atoms with E-state index < -0.39 is 0 Å². The third-order valence-electron chi connectivity index (χ3n) is 5.55. The molecule has 3 rings (SSSR count). The minimum absolute atomic E-state index is 0.305. The van der Waals surface area contributed by atoms with Crippen LogP contribution in [0.3, 0.4) is 0 Å². The molecule has 7 heteroatoms. The van der Waals surface area contributed by atoms with Gasteiger partial charge >= 0.3 is 0 Å². The van der Waals surface area contributed by atoms with Gasteiger partial charge in [-0.2, -0.15) is 0 Å². The Morgan fingerprint density at radius 2 is 1.90 bits per heavy atom. The lowest BCUT2D eigenvalue weighted by Gasteiger charge is -2.29. The molecule has 1 aromatic carbocycles. The number of ether oxygens (including phenoxy) is 1. The Morgan fingerprint density at radius 3 is 2.53 bits per heavy atom. The fraction of sp³-hybridized carbons (Fsp3) is 0.565. The molecule has 0 radical (unpaired) electrons. The monoisotopic (exact) mass is 412 g/mol. The second kappa shape index (κ2) is 11.0. The van der Waals surface area contributed by atoms with Crippen molar-refractivity contribution in [2.24, 2.45) is 10.9 Å². The highest BCUT2D eigenvalue weighted by atomic mass is 16.5. The second-order valence-electron chi connectivity index (χ2n) is 8.23. The number of aromatic nitrogens is 2. The van der Waals surface area contributed by atoms with Gasteiger partial charge in [-0.05, 0) is 49.5 Å². The molecule has 30 heavy (non-hydrogen) atoms. The van der Waals surface area contributed by atoms with Crippen LogP contribution in [0, 0.1) is 5.92 Å². The summed E-state index contributed by atoms with van der Waals surface area (Å²) in [4.78, 5) is 11.5. The van der Waals surface area contributed by atoms with Gasteiger partial charge in [-0.25, -0.2) is 4.98 Å². The highest BCUT2D eigenvalue weighted by Gasteiger charge is 2.23. The number of nitrogens with zero attached hydrogens (tertiary/aromatic N) is 4. The number of likely N-dealkylation sites (tertiary alicyclic amines) is 1. The van der Waals surface area contributed by atoms with Crippen LogP contribution in [0.1, 0.15) is 44.1 Å². The Balaban J connectivity index is 1.61. The van der Waals surface area contributed by atoms with Crippen LogP contribution >= 0.6 is 0 Å². The Bertz CT molecular complexity index is 792. The fourth-order valence-corrected chi connectivity index (χ4v) is 3.98. The Morgan fingerprint density at radius 1 is 1.17 bits per heavy atom. The first-order chi connectivity index (χ1) is 14.6. The standard InChI is InChI=1S/C23H36N6O/c1-18(2)17-29-14-11-25-22(29)16-27-23(24-3)26-15-21(28-12-5-6-13-28)19-7-9-20(30-4)10-8-19/h7-11,14,18,21H,5-6,12-13,15-17H2,1-4H3,(H2,24,26,27). The van der Waals surface area contributed by atoms with E-state index in [-0.39, 0.29) is 0 Å². The maximum atomic E-state index is 5.32. The molecule has 1 aliphatic rings. The van der Waals surface area contributed by atoms with Crippen molar-refractivity contribution in [1.29, 1.82) is 0 Å². The number of nitrogens with one attached hydrogen (secondary N) is 2. The maximum absolute atomic E-state index is 5.32. The van der Waals surface area contributed by atoms with Gasteiger partial charge in [0.25, 0.3) is 0 Å². The number of hydrogen-bond acceptors (Lipinski definition) is 4. The summed E-state index contributed by atoms with van der Waals surface area (Å²) in [5.41, 5.74) is 1.30. The molecule has 1 atom stereocenters. The first kappa shape index (κ1) is 22.2. The summed E-state index contributed by atoms with van der Waals surface area (Å²) in [6.07, 6.45) is 6.43. The van der Waals surface area contributed by atoms with Crippen molar-refractivity contribution in [2.45, 2.75) is 45.8 Å². The highest BCUT2D eigenvalue weighted by Crippen LogP contribution is 2.26. The zero-order valence-corrected chi connectivity index (χ0v) is 18.8. The zero-order valence-electron chi connectivity index (χ0n) is 18.8. The predicted octanol–water partition coefficient (Wildman–Crippen LogP) is 3.05. The number of hydrogen-bond donors (Lipinski definition) is 2. The summed E-state index contributed by atoms with van der Waals surface area (Å²) in [7, 11) is 3.52. The van der Waals surface area contributed by atoms with Crippen LogP contribution < -0.4 is 15.4 Å². The third kappa shape index (κ3) is 5.98. The summed E-state index contributed by atoms with van der Waals surface area (Å²) in [6, 6.07) is 8.73. The predicted molar refractivity (Wildman–Crippen MR) is 122 cm³/mol. The van der Waals surface area contributed by atoms with E-state index in [0.29, 0.717) is 18.5 Å². The molecule has 0 bridgehead atoms. The Hall–Kier alpha value is -2.54. The molecule has 0 amide bonds. The van der Waals surface area contributed by atoms with Gasteiger partial charge in [-0.3, -0.25) is 9.89 Å². The van der Waals surface area contributed by atoms with Crippen LogP contribution in [0.15, 0.2) is 41.7 Å². The average molecular weight is 413 g/mol. The van der Waals surface area contributed by atoms with Gasteiger partial charge < -0.3 is 19.9 Å². The topological polar surface area (TPSA) is 66.7 Å². The molecule has 1 aliphatic heterocycles. The molecule has 0 saturated carbocycles. The number of aliphatic imine (C=N–C) groups is 1. The maximum Gasteiger partial charge on any atom is 0.191 e. The number of methoxy groups -OCH3 is 1. The number of guanidine groups is 1. The quantitative estimate of drug-likeness (QED) is 0.489. The van der Waals surface area contributed by atoms with Crippen molar-refractivity contribution in [1.82, 2.24) is 25.1 Å². The lowest BCUT2D eigenvalue weighted by Crippen LogP contribution is -2.42. The summed E-state index contributed by atoms with van der Waals surface area (Å²) < 4.78 is 7.53. The van der Waals surface area contributed by atoms with Crippen molar-refractivity contribution < 1.29 is 4.74 Å². The third-order valence-corrected chi connectivity index (χ3v) is 5.55. The van der Waals surface area contributed by atoms with Gasteiger partial charge in [0.05, 0.1) is 19.7 Å². The molecule has 164 valence electrons. The van der Waals surface area contributed by atoms with E-state index in [9.17, 15) is 0 Å². The number of imidazole rings is 1. The lowest BCUT2D eigenvalue weighted by molar-refractivity contribution is 0.245. The van der Waals surface area contributed by atoms with E-state index in [4.69, 9.17) is 4.74 Å². The molecule has 2 N–H and O–H groups in total. The molecule has 1 unspecified atom stereocenters. The molecule has 1 saturated heterocycles. The van der Waals surface area contributed by atoms with E-state index in [1.807, 2.05) is 31.6 Å². The second-order valence-corrected chi connectivity index (χ2v) is 8.23. The van der Waals surface area contributed by atoms with Gasteiger partial charge in [-0.1, -0.05) is 26.0 Å². The molecule has 0 aliphatic carbocycles. The van der Waals surface area contributed by atoms with Gasteiger partial charge in [0, 0.05) is 32.5 Å². The molecule has 2 aromatic rings. The summed E-state index contributed by atoms with van der Waals surface area (Å²) in [5.74, 6) is 3.30. The van der Waals surface area contributed by atoms with E-state index in [0.717, 1.165) is 43.7 Å². The molecule has 7 nitrogen and oxygen atoms in total. The molecule has 1 aromatic heterocycles. The van der Waals surface area contributed by atoms with Crippen LogP contribution in [0.4, 0.5) is 0 Å². The molecule has 1 fully saturated rings. The smallest absolute Gasteiger partial charge is 0.191 e. The van der Waals surface area contributed by atoms with Crippen molar-refractivity contribution >= 4 is 5.96 Å². The van der Waals surface area contributed by atoms with Crippen molar-refractivity contribution in [2.75, 3.05) is 33.8 Å². The average Bonchev–Trinajstić information content (AvgIpc) is 3.43. The van der Waals surface area contributed by atoms with Crippen LogP contribution in [0.2, 0.25) is 0 Å². The van der Waals surface area contributed by atoms with E-state index in [1.54, 1.807) is 7.11 Å². The van der Waals surface area contributed by atoms with Gasteiger partial charge in [0.1, 0.15) is 11.6 Å². The molecular formula is C23H36N6O. The molecule has 2 heterocycles. The van der Waals surface area contributed by atoms with Crippen LogP contribution in [-0.4, -0.2) is 54.2 Å². The first-order valence-electron chi connectivity index (χ1n) is 10.9. The van der Waals surface area contributed by atoms with E-state index in [2.05, 4.69) is 56.1 Å². The summed E-state index contributed by atoms with van der Waals surface area (Å²) in [5, 5.41) is 6.94.